The zero-order chi connectivity index (χ0) is 14.5. The summed E-state index contributed by atoms with van der Waals surface area (Å²) in [4.78, 5) is 15.9. The molecule has 0 saturated heterocycles. The third-order valence-electron chi connectivity index (χ3n) is 3.01. The van der Waals surface area contributed by atoms with Crippen LogP contribution >= 0.6 is 0 Å². The Hall–Kier alpha value is -3.06. The number of fused-ring (bicyclic) bond motifs is 1. The molecule has 0 spiro atoms. The maximum absolute atomic E-state index is 11.7. The van der Waals surface area contributed by atoms with E-state index in [-0.39, 0.29) is 5.91 Å². The van der Waals surface area contributed by atoms with Gasteiger partial charge in [0.05, 0.1) is 0 Å². The van der Waals surface area contributed by atoms with Gasteiger partial charge < -0.3 is 9.72 Å². The van der Waals surface area contributed by atoms with E-state index >= 15 is 0 Å². The second-order valence-electron chi connectivity index (χ2n) is 4.53. The van der Waals surface area contributed by atoms with Crippen molar-refractivity contribution in [2.45, 2.75) is 6.54 Å². The minimum absolute atomic E-state index is 0.290. The van der Waals surface area contributed by atoms with Crippen molar-refractivity contribution >= 4 is 11.6 Å². The number of benzene rings is 1. The standard InChI is InChI=1S/C17H13N3O/c21-17(7-6-14-4-2-1-3-5-14)19-13-15-8-10-20-11-9-18-16(20)12-15/h1-5,8-12H,13H2,(H,19,21). The summed E-state index contributed by atoms with van der Waals surface area (Å²) in [6.07, 6.45) is 5.53. The molecule has 102 valence electrons. The van der Waals surface area contributed by atoms with Crippen LogP contribution in [-0.2, 0) is 11.3 Å². The number of rotatable bonds is 2. The fraction of sp³-hybridized carbons (Fsp3) is 0.0588. The van der Waals surface area contributed by atoms with E-state index in [0.29, 0.717) is 6.54 Å². The number of nitrogens with one attached hydrogen (secondary N) is 1. The van der Waals surface area contributed by atoms with Crippen LogP contribution in [0.5, 0.6) is 0 Å². The predicted octanol–water partition coefficient (Wildman–Crippen LogP) is 2.00. The van der Waals surface area contributed by atoms with E-state index in [0.717, 1.165) is 16.8 Å². The van der Waals surface area contributed by atoms with E-state index in [9.17, 15) is 4.79 Å². The number of hydrogen-bond acceptors (Lipinski definition) is 2. The molecule has 3 rings (SSSR count). The number of hydrogen-bond donors (Lipinski definition) is 1. The molecule has 0 aliphatic carbocycles. The number of nitrogens with zero attached hydrogens (tertiary/aromatic N) is 2. The average Bonchev–Trinajstić information content (AvgIpc) is 2.99. The lowest BCUT2D eigenvalue weighted by Gasteiger charge is -2.02. The van der Waals surface area contributed by atoms with Crippen LogP contribution in [0, 0.1) is 11.8 Å². The van der Waals surface area contributed by atoms with Crippen LogP contribution in [0.4, 0.5) is 0 Å². The lowest BCUT2D eigenvalue weighted by atomic mass is 10.2. The zero-order valence-corrected chi connectivity index (χ0v) is 11.3. The topological polar surface area (TPSA) is 46.4 Å². The molecule has 2 heterocycles. The number of aromatic nitrogens is 2. The van der Waals surface area contributed by atoms with Gasteiger partial charge in [-0.2, -0.15) is 0 Å². The van der Waals surface area contributed by atoms with Gasteiger partial charge in [-0.05, 0) is 29.8 Å². The van der Waals surface area contributed by atoms with Gasteiger partial charge in [0, 0.05) is 36.6 Å². The summed E-state index contributed by atoms with van der Waals surface area (Å²) in [6, 6.07) is 13.3. The van der Waals surface area contributed by atoms with Gasteiger partial charge in [-0.1, -0.05) is 24.1 Å². The molecule has 0 aliphatic rings. The Morgan fingerprint density at radius 1 is 1.19 bits per heavy atom. The Bertz CT molecular complexity index is 825. The Kier molecular flexibility index (Phi) is 3.66. The molecule has 4 heteroatoms. The van der Waals surface area contributed by atoms with Gasteiger partial charge in [0.1, 0.15) is 5.65 Å². The molecule has 0 fully saturated rings. The van der Waals surface area contributed by atoms with Crippen LogP contribution in [-0.4, -0.2) is 15.3 Å². The Balaban J connectivity index is 1.62. The summed E-state index contributed by atoms with van der Waals surface area (Å²) in [5, 5.41) is 2.78. The van der Waals surface area contributed by atoms with Crippen molar-refractivity contribution in [1.29, 1.82) is 0 Å². The van der Waals surface area contributed by atoms with Gasteiger partial charge in [-0.3, -0.25) is 4.79 Å². The van der Waals surface area contributed by atoms with E-state index in [2.05, 4.69) is 22.1 Å². The second kappa shape index (κ2) is 5.93. The van der Waals surface area contributed by atoms with Crippen molar-refractivity contribution in [2.75, 3.05) is 0 Å². The highest BCUT2D eigenvalue weighted by atomic mass is 16.1. The molecule has 0 atom stereocenters. The molecular weight excluding hydrogens is 262 g/mol. The van der Waals surface area contributed by atoms with E-state index in [1.807, 2.05) is 59.3 Å². The van der Waals surface area contributed by atoms with Crippen LogP contribution in [0.25, 0.3) is 5.65 Å². The van der Waals surface area contributed by atoms with E-state index in [4.69, 9.17) is 0 Å². The van der Waals surface area contributed by atoms with Crippen LogP contribution in [0.2, 0.25) is 0 Å². The lowest BCUT2D eigenvalue weighted by Crippen LogP contribution is -2.20. The lowest BCUT2D eigenvalue weighted by molar-refractivity contribution is -0.115. The summed E-state index contributed by atoms with van der Waals surface area (Å²) in [5.41, 5.74) is 2.67. The van der Waals surface area contributed by atoms with Gasteiger partial charge in [0.2, 0.25) is 0 Å². The molecule has 1 N–H and O–H groups in total. The van der Waals surface area contributed by atoms with Crippen molar-refractivity contribution in [3.8, 4) is 11.8 Å². The molecule has 0 radical (unpaired) electrons. The molecule has 0 aliphatic heterocycles. The first-order chi connectivity index (χ1) is 10.3. The third-order valence-corrected chi connectivity index (χ3v) is 3.01. The summed E-state index contributed by atoms with van der Waals surface area (Å²) < 4.78 is 1.92. The largest absolute Gasteiger partial charge is 0.341 e. The number of pyridine rings is 1. The van der Waals surface area contributed by atoms with Crippen LogP contribution < -0.4 is 5.32 Å². The minimum Gasteiger partial charge on any atom is -0.341 e. The van der Waals surface area contributed by atoms with Crippen molar-refractivity contribution in [1.82, 2.24) is 14.7 Å². The normalized spacial score (nSPS) is 9.90. The Morgan fingerprint density at radius 2 is 2.05 bits per heavy atom. The summed E-state index contributed by atoms with van der Waals surface area (Å²) >= 11 is 0. The fourth-order valence-electron chi connectivity index (χ4n) is 1.94. The van der Waals surface area contributed by atoms with Gasteiger partial charge in [0.15, 0.2) is 0 Å². The van der Waals surface area contributed by atoms with Gasteiger partial charge in [-0.15, -0.1) is 0 Å². The van der Waals surface area contributed by atoms with Crippen LogP contribution in [0.3, 0.4) is 0 Å². The monoisotopic (exact) mass is 275 g/mol. The molecule has 3 aromatic rings. The van der Waals surface area contributed by atoms with Crippen molar-refractivity contribution in [2.24, 2.45) is 0 Å². The molecule has 0 unspecified atom stereocenters. The SMILES string of the molecule is O=C(C#Cc1ccccc1)NCc1ccn2ccnc2c1. The molecule has 4 nitrogen and oxygen atoms in total. The number of carbonyl (C=O) groups excluding carboxylic acids is 1. The third kappa shape index (κ3) is 3.28. The molecule has 1 aromatic carbocycles. The van der Waals surface area contributed by atoms with E-state index < -0.39 is 0 Å². The van der Waals surface area contributed by atoms with Crippen molar-refractivity contribution < 1.29 is 4.79 Å². The van der Waals surface area contributed by atoms with Gasteiger partial charge in [0.25, 0.3) is 5.91 Å². The molecular formula is C17H13N3O. The zero-order valence-electron chi connectivity index (χ0n) is 11.3. The number of amides is 1. The maximum atomic E-state index is 11.7. The maximum Gasteiger partial charge on any atom is 0.296 e. The molecule has 0 saturated carbocycles. The number of imidazole rings is 1. The fourth-order valence-corrected chi connectivity index (χ4v) is 1.94. The highest BCUT2D eigenvalue weighted by molar-refractivity contribution is 5.94. The highest BCUT2D eigenvalue weighted by Gasteiger charge is 1.99. The van der Waals surface area contributed by atoms with Crippen LogP contribution in [0.1, 0.15) is 11.1 Å². The van der Waals surface area contributed by atoms with Gasteiger partial charge in [-0.25, -0.2) is 4.98 Å². The minimum atomic E-state index is -0.290. The van der Waals surface area contributed by atoms with Crippen molar-refractivity contribution in [3.05, 3.63) is 72.2 Å². The summed E-state index contributed by atoms with van der Waals surface area (Å²) in [5.74, 6) is 5.12. The van der Waals surface area contributed by atoms with Crippen LogP contribution in [0.15, 0.2) is 61.1 Å². The van der Waals surface area contributed by atoms with Gasteiger partial charge >= 0.3 is 0 Å². The predicted molar refractivity (Wildman–Crippen MR) is 80.4 cm³/mol. The van der Waals surface area contributed by atoms with E-state index in [1.165, 1.54) is 0 Å². The summed E-state index contributed by atoms with van der Waals surface area (Å²) in [6.45, 7) is 0.436. The Morgan fingerprint density at radius 3 is 2.90 bits per heavy atom. The van der Waals surface area contributed by atoms with E-state index in [1.54, 1.807) is 6.20 Å². The molecule has 2 aromatic heterocycles. The first-order valence-corrected chi connectivity index (χ1v) is 6.58. The van der Waals surface area contributed by atoms with Crippen molar-refractivity contribution in [3.63, 3.8) is 0 Å². The Labute approximate surface area is 122 Å². The molecule has 21 heavy (non-hydrogen) atoms. The highest BCUT2D eigenvalue weighted by Crippen LogP contribution is 2.04. The molecule has 1 amide bonds. The molecule has 0 bridgehead atoms. The smallest absolute Gasteiger partial charge is 0.296 e. The first-order valence-electron chi connectivity index (χ1n) is 6.58. The summed E-state index contributed by atoms with van der Waals surface area (Å²) in [7, 11) is 0. The second-order valence-corrected chi connectivity index (χ2v) is 4.53. The average molecular weight is 275 g/mol. The quantitative estimate of drug-likeness (QED) is 0.727. The number of carbonyl (C=O) groups is 1. The first kappa shape index (κ1) is 12.9.